The van der Waals surface area contributed by atoms with Gasteiger partial charge in [-0.25, -0.2) is 8.42 Å². The Morgan fingerprint density at radius 3 is 2.59 bits per heavy atom. The zero-order valence-corrected chi connectivity index (χ0v) is 17.5. The van der Waals surface area contributed by atoms with Crippen molar-refractivity contribution in [2.75, 3.05) is 29.3 Å². The number of pyridine rings is 1. The summed E-state index contributed by atoms with van der Waals surface area (Å²) in [6.45, 7) is 1.05. The summed E-state index contributed by atoms with van der Waals surface area (Å²) in [5, 5.41) is 0.483. The summed E-state index contributed by atoms with van der Waals surface area (Å²) in [6, 6.07) is 5.54. The number of anilines is 2. The van der Waals surface area contributed by atoms with E-state index in [-0.39, 0.29) is 5.75 Å². The third kappa shape index (κ3) is 3.33. The molecule has 10 heteroatoms. The number of hydrogen-bond donors (Lipinski definition) is 2. The van der Waals surface area contributed by atoms with E-state index >= 15 is 0 Å². The van der Waals surface area contributed by atoms with Crippen LogP contribution in [0.2, 0.25) is 5.02 Å². The van der Waals surface area contributed by atoms with Crippen LogP contribution in [0.3, 0.4) is 0 Å². The molecule has 1 aromatic heterocycles. The van der Waals surface area contributed by atoms with Crippen LogP contribution in [0.4, 0.5) is 11.4 Å². The number of nitrogens with zero attached hydrogens (tertiary/aromatic N) is 3. The number of benzene rings is 1. The van der Waals surface area contributed by atoms with Crippen molar-refractivity contribution in [2.24, 2.45) is 11.5 Å². The molecular weight excluding hydrogens is 414 g/mol. The fraction of sp³-hybridized carbons (Fsp3) is 0.368. The summed E-state index contributed by atoms with van der Waals surface area (Å²) in [7, 11) is -1.77. The molecule has 1 aromatic carbocycles. The number of piperidine rings is 1. The van der Waals surface area contributed by atoms with Gasteiger partial charge in [0.2, 0.25) is 15.9 Å². The molecule has 0 atom stereocenters. The third-order valence-corrected chi connectivity index (χ3v) is 7.80. The molecule has 0 saturated carbocycles. The monoisotopic (exact) mass is 435 g/mol. The molecule has 0 spiro atoms. The number of halogens is 1. The second-order valence-electron chi connectivity index (χ2n) is 7.59. The van der Waals surface area contributed by atoms with Gasteiger partial charge in [-0.3, -0.25) is 14.1 Å². The molecule has 0 aliphatic carbocycles. The highest BCUT2D eigenvalue weighted by Crippen LogP contribution is 2.41. The van der Waals surface area contributed by atoms with E-state index < -0.39 is 21.5 Å². The van der Waals surface area contributed by atoms with Crippen LogP contribution in [0.1, 0.15) is 18.4 Å². The first-order valence-electron chi connectivity index (χ1n) is 9.19. The molecule has 0 bridgehead atoms. The van der Waals surface area contributed by atoms with Gasteiger partial charge in [0.1, 0.15) is 0 Å². The molecule has 0 unspecified atom stereocenters. The molecule has 0 radical (unpaired) electrons. The number of sulfonamides is 1. The number of fused-ring (bicyclic) bond motifs is 1. The van der Waals surface area contributed by atoms with Crippen LogP contribution in [0.15, 0.2) is 30.6 Å². The van der Waals surface area contributed by atoms with Gasteiger partial charge in [-0.1, -0.05) is 17.7 Å². The van der Waals surface area contributed by atoms with Crippen LogP contribution in [0.5, 0.6) is 0 Å². The Labute approximate surface area is 174 Å². The average Bonchev–Trinajstić information content (AvgIpc) is 2.90. The number of hydrogen-bond acceptors (Lipinski definition) is 6. The Hall–Kier alpha value is -2.36. The highest BCUT2D eigenvalue weighted by molar-refractivity contribution is 7.92. The second-order valence-corrected chi connectivity index (χ2v) is 10.00. The first-order valence-corrected chi connectivity index (χ1v) is 11.2. The predicted molar refractivity (Wildman–Crippen MR) is 113 cm³/mol. The van der Waals surface area contributed by atoms with Crippen molar-refractivity contribution < 1.29 is 13.2 Å². The Morgan fingerprint density at radius 1 is 1.24 bits per heavy atom. The molecule has 4 N–H and O–H groups in total. The minimum Gasteiger partial charge on any atom is -0.370 e. The van der Waals surface area contributed by atoms with Crippen molar-refractivity contribution in [3.8, 4) is 11.1 Å². The lowest BCUT2D eigenvalue weighted by atomic mass is 9.87. The number of primary amides is 1. The molecule has 2 aliphatic rings. The van der Waals surface area contributed by atoms with Gasteiger partial charge in [-0.2, -0.15) is 0 Å². The van der Waals surface area contributed by atoms with Gasteiger partial charge in [-0.05, 0) is 36.1 Å². The molecular formula is C19H22ClN5O3S. The van der Waals surface area contributed by atoms with Gasteiger partial charge >= 0.3 is 0 Å². The lowest BCUT2D eigenvalue weighted by Crippen LogP contribution is -2.58. The summed E-state index contributed by atoms with van der Waals surface area (Å²) in [5.74, 6) is -0.532. The first-order chi connectivity index (χ1) is 13.6. The molecule has 2 aromatic rings. The van der Waals surface area contributed by atoms with Crippen molar-refractivity contribution in [1.82, 2.24) is 4.98 Å². The van der Waals surface area contributed by atoms with E-state index in [2.05, 4.69) is 9.88 Å². The SMILES string of the molecule is CN1c2ccc(-c3cncc(Cl)c3N3CCC(N)(C(N)=O)CC3)cc2CS1(=O)=O. The Kier molecular flexibility index (Phi) is 4.71. The Morgan fingerprint density at radius 2 is 1.93 bits per heavy atom. The van der Waals surface area contributed by atoms with E-state index in [1.54, 1.807) is 25.5 Å². The van der Waals surface area contributed by atoms with Crippen LogP contribution in [-0.4, -0.2) is 45.0 Å². The van der Waals surface area contributed by atoms with E-state index in [1.807, 2.05) is 12.1 Å². The van der Waals surface area contributed by atoms with Crippen LogP contribution in [-0.2, 0) is 20.6 Å². The summed E-state index contributed by atoms with van der Waals surface area (Å²) in [4.78, 5) is 17.9. The van der Waals surface area contributed by atoms with Crippen LogP contribution < -0.4 is 20.7 Å². The van der Waals surface area contributed by atoms with E-state index in [1.165, 1.54) is 4.31 Å². The maximum absolute atomic E-state index is 12.2. The van der Waals surface area contributed by atoms with Crippen molar-refractivity contribution in [3.63, 3.8) is 0 Å². The molecule has 29 heavy (non-hydrogen) atoms. The molecule has 4 rings (SSSR count). The number of carbonyl (C=O) groups is 1. The highest BCUT2D eigenvalue weighted by Gasteiger charge is 2.37. The van der Waals surface area contributed by atoms with Gasteiger partial charge in [0, 0.05) is 38.1 Å². The molecule has 1 fully saturated rings. The van der Waals surface area contributed by atoms with E-state index in [4.69, 9.17) is 23.1 Å². The average molecular weight is 436 g/mol. The third-order valence-electron chi connectivity index (χ3n) is 5.82. The normalized spacial score (nSPS) is 19.8. The Bertz CT molecular complexity index is 1100. The minimum absolute atomic E-state index is 0.0337. The van der Waals surface area contributed by atoms with Crippen molar-refractivity contribution in [2.45, 2.75) is 24.1 Å². The number of nitrogens with two attached hydrogens (primary N) is 2. The van der Waals surface area contributed by atoms with E-state index in [9.17, 15) is 13.2 Å². The summed E-state index contributed by atoms with van der Waals surface area (Å²) >= 11 is 6.50. The second kappa shape index (κ2) is 6.86. The zero-order valence-electron chi connectivity index (χ0n) is 15.9. The maximum atomic E-state index is 12.2. The Balaban J connectivity index is 1.71. The van der Waals surface area contributed by atoms with Gasteiger partial charge in [0.05, 0.1) is 27.7 Å². The first kappa shape index (κ1) is 19.9. The smallest absolute Gasteiger partial charge is 0.239 e. The maximum Gasteiger partial charge on any atom is 0.239 e. The zero-order chi connectivity index (χ0) is 21.0. The topological polar surface area (TPSA) is 123 Å². The van der Waals surface area contributed by atoms with E-state index in [0.717, 1.165) is 22.4 Å². The fourth-order valence-corrected chi connectivity index (χ4v) is 5.53. The van der Waals surface area contributed by atoms with Crippen molar-refractivity contribution in [3.05, 3.63) is 41.2 Å². The quantitative estimate of drug-likeness (QED) is 0.752. The number of carbonyl (C=O) groups excluding carboxylic acids is 1. The van der Waals surface area contributed by atoms with Gasteiger partial charge in [-0.15, -0.1) is 0 Å². The molecule has 1 amide bonds. The van der Waals surface area contributed by atoms with Crippen molar-refractivity contribution in [1.29, 1.82) is 0 Å². The summed E-state index contributed by atoms with van der Waals surface area (Å²) < 4.78 is 25.7. The van der Waals surface area contributed by atoms with E-state index in [0.29, 0.717) is 36.6 Å². The molecule has 2 aliphatic heterocycles. The van der Waals surface area contributed by atoms with Gasteiger partial charge in [0.15, 0.2) is 0 Å². The van der Waals surface area contributed by atoms with Gasteiger partial charge < -0.3 is 16.4 Å². The molecule has 1 saturated heterocycles. The predicted octanol–water partition coefficient (Wildman–Crippen LogP) is 1.46. The van der Waals surface area contributed by atoms with Gasteiger partial charge in [0.25, 0.3) is 0 Å². The largest absolute Gasteiger partial charge is 0.370 e. The summed E-state index contributed by atoms with van der Waals surface area (Å²) in [5.41, 5.74) is 14.4. The number of aromatic nitrogens is 1. The summed E-state index contributed by atoms with van der Waals surface area (Å²) in [6.07, 6.45) is 4.14. The molecule has 8 nitrogen and oxygen atoms in total. The minimum atomic E-state index is -3.32. The molecule has 154 valence electrons. The van der Waals surface area contributed by atoms with Crippen LogP contribution >= 0.6 is 11.6 Å². The lowest BCUT2D eigenvalue weighted by molar-refractivity contribution is -0.123. The lowest BCUT2D eigenvalue weighted by Gasteiger charge is -2.39. The van der Waals surface area contributed by atoms with Crippen LogP contribution in [0.25, 0.3) is 11.1 Å². The standard InChI is InChI=1S/C19H22ClN5O3S/c1-24-16-3-2-12(8-13(16)11-29(24,27)28)14-9-23-10-15(20)17(14)25-6-4-19(22,5-7-25)18(21)26/h2-3,8-10H,4-7,11,22H2,1H3,(H2,21,26). The molecule has 3 heterocycles. The number of rotatable bonds is 3. The van der Waals surface area contributed by atoms with Crippen LogP contribution in [0, 0.1) is 0 Å². The van der Waals surface area contributed by atoms with Crippen molar-refractivity contribution >= 4 is 38.9 Å². The highest BCUT2D eigenvalue weighted by atomic mass is 35.5. The number of amides is 1. The fourth-order valence-electron chi connectivity index (χ4n) is 3.96.